The Morgan fingerprint density at radius 2 is 2.00 bits per heavy atom. The van der Waals surface area contributed by atoms with E-state index in [1.807, 2.05) is 18.2 Å². The van der Waals surface area contributed by atoms with Gasteiger partial charge in [-0.1, -0.05) is 12.1 Å². The van der Waals surface area contributed by atoms with E-state index in [-0.39, 0.29) is 16.8 Å². The quantitative estimate of drug-likeness (QED) is 0.523. The molecule has 0 spiro atoms. The minimum Gasteiger partial charge on any atom is -0.328 e. The van der Waals surface area contributed by atoms with E-state index in [2.05, 4.69) is 21.2 Å². The maximum absolute atomic E-state index is 15.1. The van der Waals surface area contributed by atoms with Gasteiger partial charge in [0.05, 0.1) is 5.52 Å². The van der Waals surface area contributed by atoms with Gasteiger partial charge in [-0.25, -0.2) is 4.39 Å². The maximum Gasteiger partial charge on any atom is 0.271 e. The number of rotatable bonds is 2. The van der Waals surface area contributed by atoms with E-state index >= 15 is 4.39 Å². The van der Waals surface area contributed by atoms with Gasteiger partial charge in [-0.15, -0.1) is 0 Å². The van der Waals surface area contributed by atoms with Crippen LogP contribution in [-0.4, -0.2) is 8.94 Å². The lowest BCUT2D eigenvalue weighted by molar-refractivity contribution is 0.632. The third kappa shape index (κ3) is 2.41. The summed E-state index contributed by atoms with van der Waals surface area (Å²) < 4.78 is 19.9. The molecule has 0 unspecified atom stereocenters. The fourth-order valence-corrected chi connectivity index (χ4v) is 5.41. The minimum atomic E-state index is -0.443. The van der Waals surface area contributed by atoms with Crippen LogP contribution in [0.3, 0.4) is 0 Å². The second-order valence-corrected chi connectivity index (χ2v) is 8.80. The highest BCUT2D eigenvalue weighted by molar-refractivity contribution is 7.12. The Labute approximate surface area is 168 Å². The smallest absolute Gasteiger partial charge is 0.271 e. The summed E-state index contributed by atoms with van der Waals surface area (Å²) >= 11 is 1.18. The minimum absolute atomic E-state index is 0.138. The average Bonchev–Trinajstić information content (AvgIpc) is 3.38. The van der Waals surface area contributed by atoms with Crippen LogP contribution in [0.4, 0.5) is 4.39 Å². The third-order valence-corrected chi connectivity index (χ3v) is 7.03. The molecule has 4 aromatic rings. The largest absolute Gasteiger partial charge is 0.328 e. The summed E-state index contributed by atoms with van der Waals surface area (Å²) in [5.74, 6) is -0.443. The molecule has 3 heterocycles. The monoisotopic (exact) mass is 407 g/mol. The van der Waals surface area contributed by atoms with Crippen LogP contribution >= 0.6 is 11.5 Å². The molecule has 29 heavy (non-hydrogen) atoms. The molecule has 2 aliphatic rings. The Kier molecular flexibility index (Phi) is 3.47. The molecule has 6 rings (SSSR count). The zero-order valence-corrected chi connectivity index (χ0v) is 16.5. The van der Waals surface area contributed by atoms with Crippen molar-refractivity contribution in [2.75, 3.05) is 0 Å². The number of halogens is 1. The van der Waals surface area contributed by atoms with E-state index in [1.54, 1.807) is 6.07 Å². The number of aromatic amines is 1. The first-order valence-corrected chi connectivity index (χ1v) is 10.6. The van der Waals surface area contributed by atoms with Crippen molar-refractivity contribution in [3.05, 3.63) is 67.9 Å². The predicted molar refractivity (Wildman–Crippen MR) is 113 cm³/mol. The molecule has 0 bridgehead atoms. The molecule has 0 saturated heterocycles. The fraction of sp³-hybridized carbons (Fsp3) is 0.273. The van der Waals surface area contributed by atoms with Crippen molar-refractivity contribution in [3.63, 3.8) is 0 Å². The van der Waals surface area contributed by atoms with Crippen LogP contribution < -0.4 is 16.3 Å². The maximum atomic E-state index is 15.1. The first-order chi connectivity index (χ1) is 14.0. The Morgan fingerprint density at radius 3 is 2.79 bits per heavy atom. The lowest BCUT2D eigenvalue weighted by atomic mass is 9.97. The van der Waals surface area contributed by atoms with Crippen LogP contribution in [0.5, 0.6) is 0 Å². The van der Waals surface area contributed by atoms with Gasteiger partial charge in [-0.05, 0) is 66.2 Å². The molecule has 146 valence electrons. The van der Waals surface area contributed by atoms with Crippen molar-refractivity contribution in [2.45, 2.75) is 38.4 Å². The van der Waals surface area contributed by atoms with Gasteiger partial charge in [0.2, 0.25) is 5.43 Å². The Morgan fingerprint density at radius 1 is 1.17 bits per heavy atom. The fourth-order valence-electron chi connectivity index (χ4n) is 4.49. The third-order valence-electron chi connectivity index (χ3n) is 6.15. The number of fused-ring (bicyclic) bond motifs is 3. The van der Waals surface area contributed by atoms with E-state index in [0.29, 0.717) is 22.0 Å². The van der Waals surface area contributed by atoms with Gasteiger partial charge in [0.1, 0.15) is 16.0 Å². The summed E-state index contributed by atoms with van der Waals surface area (Å²) in [5.41, 5.74) is 3.61. The van der Waals surface area contributed by atoms with Crippen LogP contribution in [0.1, 0.15) is 43.0 Å². The highest BCUT2D eigenvalue weighted by atomic mass is 32.1. The van der Waals surface area contributed by atoms with Crippen molar-refractivity contribution in [3.8, 4) is 11.1 Å². The van der Waals surface area contributed by atoms with Crippen LogP contribution in [0.25, 0.3) is 32.2 Å². The van der Waals surface area contributed by atoms with Gasteiger partial charge in [-0.2, -0.15) is 0 Å². The molecular formula is C22H18FN3O2S. The van der Waals surface area contributed by atoms with Crippen LogP contribution in [0, 0.1) is 5.82 Å². The normalized spacial score (nSPS) is 18.6. The molecule has 1 atom stereocenters. The van der Waals surface area contributed by atoms with Crippen molar-refractivity contribution in [2.24, 2.45) is 0 Å². The molecule has 1 aliphatic heterocycles. The predicted octanol–water partition coefficient (Wildman–Crippen LogP) is 4.21. The van der Waals surface area contributed by atoms with E-state index in [1.165, 1.54) is 28.7 Å². The molecule has 7 heteroatoms. The number of nitrogens with zero attached hydrogens (tertiary/aromatic N) is 1. The summed E-state index contributed by atoms with van der Waals surface area (Å²) in [6, 6.07) is 9.65. The summed E-state index contributed by atoms with van der Waals surface area (Å²) in [7, 11) is 0. The number of aromatic nitrogens is 2. The number of pyridine rings is 1. The van der Waals surface area contributed by atoms with E-state index in [4.69, 9.17) is 0 Å². The van der Waals surface area contributed by atoms with Gasteiger partial charge < -0.3 is 9.88 Å². The first kappa shape index (κ1) is 17.1. The summed E-state index contributed by atoms with van der Waals surface area (Å²) in [6.45, 7) is 2.88. The molecule has 1 saturated carbocycles. The molecular weight excluding hydrogens is 389 g/mol. The topological polar surface area (TPSA) is 66.9 Å². The van der Waals surface area contributed by atoms with Crippen molar-refractivity contribution in [1.29, 1.82) is 0 Å². The molecule has 1 aliphatic carbocycles. The highest BCUT2D eigenvalue weighted by Crippen LogP contribution is 2.41. The molecule has 2 aromatic carbocycles. The summed E-state index contributed by atoms with van der Waals surface area (Å²) in [6.07, 6.45) is 1.99. The second-order valence-electron chi connectivity index (χ2n) is 8.01. The van der Waals surface area contributed by atoms with Gasteiger partial charge >= 0.3 is 0 Å². The van der Waals surface area contributed by atoms with Gasteiger partial charge in [0, 0.05) is 29.6 Å². The van der Waals surface area contributed by atoms with Crippen LogP contribution in [0.2, 0.25) is 0 Å². The standard InChI is InChI=1S/C22H18FN3O2S/c1-10-14-5-2-11(6-12(14)9-24-10)15-8-18-16(7-17(15)23)20(27)19-21(28)25-29-22(19)26(18)13-3-4-13/h2,5-8,10,13,24H,3-4,9H2,1H3,(H,25,28)/t10-/m1/s1. The Hall–Kier alpha value is -2.77. The number of H-pyrrole nitrogens is 1. The molecule has 0 radical (unpaired) electrons. The Bertz CT molecular complexity index is 1440. The lowest BCUT2D eigenvalue weighted by Gasteiger charge is -2.14. The second kappa shape index (κ2) is 5.87. The van der Waals surface area contributed by atoms with Crippen molar-refractivity contribution >= 4 is 32.7 Å². The SMILES string of the molecule is C[C@H]1NCc2cc(-c3cc4c(cc3F)c(=O)c3c(=O)[nH]sc3n4C3CC3)ccc21. The molecule has 1 fully saturated rings. The average molecular weight is 407 g/mol. The van der Waals surface area contributed by atoms with E-state index in [0.717, 1.165) is 24.9 Å². The van der Waals surface area contributed by atoms with E-state index < -0.39 is 16.8 Å². The molecule has 2 aromatic heterocycles. The number of hydrogen-bond acceptors (Lipinski definition) is 4. The zero-order chi connectivity index (χ0) is 19.9. The molecule has 2 N–H and O–H groups in total. The zero-order valence-electron chi connectivity index (χ0n) is 15.7. The number of benzene rings is 2. The van der Waals surface area contributed by atoms with Gasteiger partial charge in [0.25, 0.3) is 5.56 Å². The number of hydrogen-bond donors (Lipinski definition) is 2. The lowest BCUT2D eigenvalue weighted by Crippen LogP contribution is -2.15. The summed E-state index contributed by atoms with van der Waals surface area (Å²) in [5, 5.41) is 3.81. The highest BCUT2D eigenvalue weighted by Gasteiger charge is 2.29. The summed E-state index contributed by atoms with van der Waals surface area (Å²) in [4.78, 5) is 25.8. The van der Waals surface area contributed by atoms with Crippen LogP contribution in [0.15, 0.2) is 39.9 Å². The Balaban J connectivity index is 1.67. The van der Waals surface area contributed by atoms with Crippen LogP contribution in [-0.2, 0) is 6.54 Å². The van der Waals surface area contributed by atoms with Gasteiger partial charge in [0.15, 0.2) is 0 Å². The first-order valence-electron chi connectivity index (χ1n) is 9.78. The van der Waals surface area contributed by atoms with Gasteiger partial charge in [-0.3, -0.25) is 14.0 Å². The molecule has 0 amide bonds. The van der Waals surface area contributed by atoms with Crippen molar-refractivity contribution in [1.82, 2.24) is 14.3 Å². The van der Waals surface area contributed by atoms with Crippen molar-refractivity contribution < 1.29 is 4.39 Å². The number of nitrogens with one attached hydrogen (secondary N) is 2. The van der Waals surface area contributed by atoms with E-state index in [9.17, 15) is 9.59 Å². The molecule has 5 nitrogen and oxygen atoms in total.